The third kappa shape index (κ3) is 21.0. The fourth-order valence-electron chi connectivity index (χ4n) is 7.41. The number of fused-ring (bicyclic) bond motifs is 1. The maximum Gasteiger partial charge on any atom is 0.317 e. The first-order valence-corrected chi connectivity index (χ1v) is 22.4. The van der Waals surface area contributed by atoms with Crippen LogP contribution < -0.4 is 21.3 Å². The molecule has 1 aliphatic heterocycles. The van der Waals surface area contributed by atoms with Crippen LogP contribution in [0, 0.1) is 0 Å². The van der Waals surface area contributed by atoms with Crippen molar-refractivity contribution in [2.24, 2.45) is 0 Å². The second-order valence-electron chi connectivity index (χ2n) is 16.2. The van der Waals surface area contributed by atoms with E-state index in [9.17, 15) is 48.9 Å². The predicted octanol–water partition coefficient (Wildman–Crippen LogP) is 1.61. The number of carboxylic acids is 3. The number of rotatable bonds is 25. The molecular formula is C46H65N9O10. The molecule has 4 amide bonds. The van der Waals surface area contributed by atoms with Crippen molar-refractivity contribution in [1.29, 1.82) is 0 Å². The minimum absolute atomic E-state index is 0.0439. The van der Waals surface area contributed by atoms with Gasteiger partial charge in [-0.15, -0.1) is 0 Å². The number of hydrogen-bond donors (Lipinski definition) is 7. The third-order valence-corrected chi connectivity index (χ3v) is 11.1. The van der Waals surface area contributed by atoms with Gasteiger partial charge in [-0.05, 0) is 54.8 Å². The summed E-state index contributed by atoms with van der Waals surface area (Å²) in [7, 11) is 0. The van der Waals surface area contributed by atoms with Crippen LogP contribution >= 0.6 is 0 Å². The highest BCUT2D eigenvalue weighted by Gasteiger charge is 2.21. The van der Waals surface area contributed by atoms with E-state index in [2.05, 4.69) is 26.3 Å². The summed E-state index contributed by atoms with van der Waals surface area (Å²) in [6, 6.07) is 16.9. The Morgan fingerprint density at radius 3 is 1.54 bits per heavy atom. The number of carbonyl (C=O) groups excluding carboxylic acids is 4. The van der Waals surface area contributed by atoms with E-state index < -0.39 is 17.9 Å². The van der Waals surface area contributed by atoms with Crippen molar-refractivity contribution >= 4 is 52.3 Å². The van der Waals surface area contributed by atoms with E-state index in [4.69, 9.17) is 0 Å². The lowest BCUT2D eigenvalue weighted by molar-refractivity contribution is -0.140. The predicted molar refractivity (Wildman–Crippen MR) is 243 cm³/mol. The Kier molecular flexibility index (Phi) is 22.8. The molecule has 19 heteroatoms. The van der Waals surface area contributed by atoms with Crippen molar-refractivity contribution in [3.05, 3.63) is 77.6 Å². The molecule has 0 bridgehead atoms. The molecule has 1 aromatic heterocycles. The van der Waals surface area contributed by atoms with E-state index >= 15 is 0 Å². The molecular weight excluding hydrogens is 839 g/mol. The minimum atomic E-state index is -1.02. The molecule has 0 radical (unpaired) electrons. The topological polar surface area (TPSA) is 254 Å². The SMILES string of the molecule is O=C(O)CN1CCN(CC(=O)O)CCN(CC(=O)NCCCCCCC(=O)NCCCCC(=O)NCc2ccc(C(=O)NCc3nccc4ccccc34)cc2)CCN(CC(=O)O)CC1. The zero-order chi connectivity index (χ0) is 46.8. The van der Waals surface area contributed by atoms with Crippen LogP contribution in [-0.2, 0) is 41.9 Å². The first-order chi connectivity index (χ1) is 31.3. The van der Waals surface area contributed by atoms with Crippen molar-refractivity contribution in [1.82, 2.24) is 45.9 Å². The molecule has 1 fully saturated rings. The highest BCUT2D eigenvalue weighted by molar-refractivity contribution is 5.94. The lowest BCUT2D eigenvalue weighted by Crippen LogP contribution is -2.49. The molecule has 2 heterocycles. The van der Waals surface area contributed by atoms with Crippen molar-refractivity contribution in [3.63, 3.8) is 0 Å². The molecule has 0 aliphatic carbocycles. The van der Waals surface area contributed by atoms with Gasteiger partial charge in [0.25, 0.3) is 5.91 Å². The van der Waals surface area contributed by atoms with Crippen LogP contribution in [0.1, 0.15) is 73.0 Å². The van der Waals surface area contributed by atoms with Gasteiger partial charge in [-0.25, -0.2) is 0 Å². The number of nitrogens with zero attached hydrogens (tertiary/aromatic N) is 5. The molecule has 0 saturated carbocycles. The Morgan fingerprint density at radius 1 is 0.492 bits per heavy atom. The maximum absolute atomic E-state index is 12.9. The van der Waals surface area contributed by atoms with Crippen LogP contribution in [0.3, 0.4) is 0 Å². The molecule has 0 atom stereocenters. The fraction of sp³-hybridized carbons (Fsp3) is 0.522. The second kappa shape index (κ2) is 28.7. The Labute approximate surface area is 379 Å². The van der Waals surface area contributed by atoms with Gasteiger partial charge in [0.15, 0.2) is 0 Å². The zero-order valence-electron chi connectivity index (χ0n) is 37.2. The molecule has 0 spiro atoms. The molecule has 3 aromatic rings. The van der Waals surface area contributed by atoms with Gasteiger partial charge in [-0.1, -0.05) is 49.2 Å². The lowest BCUT2D eigenvalue weighted by atomic mass is 10.1. The summed E-state index contributed by atoms with van der Waals surface area (Å²) in [4.78, 5) is 96.2. The Hall–Kier alpha value is -6.02. The van der Waals surface area contributed by atoms with E-state index in [1.54, 1.807) is 33.0 Å². The Bertz CT molecular complexity index is 1980. The average molecular weight is 904 g/mol. The van der Waals surface area contributed by atoms with E-state index in [0.717, 1.165) is 41.3 Å². The quantitative estimate of drug-likeness (QED) is 0.0597. The first kappa shape index (κ1) is 51.6. The highest BCUT2D eigenvalue weighted by Crippen LogP contribution is 2.16. The van der Waals surface area contributed by atoms with Crippen LogP contribution in [0.4, 0.5) is 0 Å². The smallest absolute Gasteiger partial charge is 0.317 e. The zero-order valence-corrected chi connectivity index (χ0v) is 37.2. The molecule has 1 aliphatic rings. The standard InChI is InChI=1S/C46H65N9O10/c56-40(48-19-8-6-12-41(57)50-29-35-13-15-37(16-14-35)46(65)51-30-39-38-10-5-4-9-36(38)17-20-47-39)11-3-1-2-7-18-49-42(58)31-52-21-23-53(32-43(59)60)25-27-55(34-45(63)64)28-26-54(24-22-52)33-44(61)62/h4-5,9-10,13-17,20H,1-3,6-8,11-12,18-19,21-34H2,(H,48,56)(H,49,58)(H,50,57)(H,51,65)(H,59,60)(H,61,62)(H,63,64). The summed E-state index contributed by atoms with van der Waals surface area (Å²) >= 11 is 0. The number of carbonyl (C=O) groups is 7. The van der Waals surface area contributed by atoms with Gasteiger partial charge in [-0.2, -0.15) is 0 Å². The Morgan fingerprint density at radius 2 is 0.969 bits per heavy atom. The fourth-order valence-corrected chi connectivity index (χ4v) is 7.41. The molecule has 65 heavy (non-hydrogen) atoms. The number of benzene rings is 2. The number of aliphatic carboxylic acids is 3. The van der Waals surface area contributed by atoms with E-state index in [1.807, 2.05) is 47.4 Å². The minimum Gasteiger partial charge on any atom is -0.480 e. The van der Waals surface area contributed by atoms with Gasteiger partial charge >= 0.3 is 17.9 Å². The molecule has 4 rings (SSSR count). The molecule has 354 valence electrons. The summed E-state index contributed by atoms with van der Waals surface area (Å²) < 4.78 is 0. The monoisotopic (exact) mass is 903 g/mol. The lowest BCUT2D eigenvalue weighted by Gasteiger charge is -2.32. The summed E-state index contributed by atoms with van der Waals surface area (Å²) in [5.74, 6) is -3.59. The normalized spacial score (nSPS) is 14.7. The third-order valence-electron chi connectivity index (χ3n) is 11.1. The van der Waals surface area contributed by atoms with Crippen LogP contribution in [0.2, 0.25) is 0 Å². The summed E-state index contributed by atoms with van der Waals surface area (Å²) in [5, 5.41) is 41.9. The number of amides is 4. The van der Waals surface area contributed by atoms with Gasteiger partial charge < -0.3 is 36.6 Å². The first-order valence-electron chi connectivity index (χ1n) is 22.4. The molecule has 1 saturated heterocycles. The van der Waals surface area contributed by atoms with Crippen molar-refractivity contribution in [3.8, 4) is 0 Å². The van der Waals surface area contributed by atoms with Gasteiger partial charge in [0, 0.05) is 102 Å². The number of nitrogens with one attached hydrogen (secondary N) is 4. The molecule has 7 N–H and O–H groups in total. The highest BCUT2D eigenvalue weighted by atomic mass is 16.4. The van der Waals surface area contributed by atoms with Gasteiger partial charge in [-0.3, -0.25) is 58.1 Å². The summed E-state index contributed by atoms with van der Waals surface area (Å²) in [5.41, 5.74) is 2.18. The number of unbranched alkanes of at least 4 members (excludes halogenated alkanes) is 4. The van der Waals surface area contributed by atoms with E-state index in [0.29, 0.717) is 116 Å². The number of hydrogen-bond acceptors (Lipinski definition) is 12. The average Bonchev–Trinajstić information content (AvgIpc) is 3.27. The number of aromatic nitrogens is 1. The van der Waals surface area contributed by atoms with Crippen LogP contribution in [-0.4, -0.2) is 173 Å². The largest absolute Gasteiger partial charge is 0.480 e. The van der Waals surface area contributed by atoms with Crippen LogP contribution in [0.25, 0.3) is 10.8 Å². The molecule has 0 unspecified atom stereocenters. The van der Waals surface area contributed by atoms with E-state index in [1.165, 1.54) is 0 Å². The maximum atomic E-state index is 12.9. The van der Waals surface area contributed by atoms with Gasteiger partial charge in [0.1, 0.15) is 0 Å². The van der Waals surface area contributed by atoms with Crippen LogP contribution in [0.5, 0.6) is 0 Å². The van der Waals surface area contributed by atoms with Crippen molar-refractivity contribution < 1.29 is 48.9 Å². The second-order valence-corrected chi connectivity index (χ2v) is 16.2. The number of pyridine rings is 1. The van der Waals surface area contributed by atoms with Crippen molar-refractivity contribution in [2.75, 3.05) is 91.6 Å². The summed E-state index contributed by atoms with van der Waals surface area (Å²) in [6.07, 6.45) is 6.83. The van der Waals surface area contributed by atoms with Gasteiger partial charge in [0.05, 0.1) is 38.4 Å². The molecule has 2 aromatic carbocycles. The van der Waals surface area contributed by atoms with E-state index in [-0.39, 0.29) is 49.8 Å². The number of carboxylic acid groups (broad SMARTS) is 3. The van der Waals surface area contributed by atoms with Crippen LogP contribution in [0.15, 0.2) is 60.8 Å². The van der Waals surface area contributed by atoms with Gasteiger partial charge in [0.2, 0.25) is 17.7 Å². The molecule has 19 nitrogen and oxygen atoms in total. The Balaban J connectivity index is 1.03. The summed E-state index contributed by atoms with van der Waals surface area (Å²) in [6.45, 7) is 3.54. The van der Waals surface area contributed by atoms with Crippen molar-refractivity contribution in [2.45, 2.75) is 64.5 Å².